The Morgan fingerprint density at radius 3 is 2.90 bits per heavy atom. The van der Waals surface area contributed by atoms with Crippen LogP contribution in [0.4, 0.5) is 5.82 Å². The van der Waals surface area contributed by atoms with Crippen molar-refractivity contribution in [3.8, 4) is 22.6 Å². The summed E-state index contributed by atoms with van der Waals surface area (Å²) in [5.41, 5.74) is 10.6. The first-order chi connectivity index (χ1) is 14.3. The molecule has 4 aromatic heterocycles. The first kappa shape index (κ1) is 17.8. The molecule has 1 atom stereocenters. The van der Waals surface area contributed by atoms with Crippen LogP contribution in [-0.4, -0.2) is 44.3 Å². The maximum atomic E-state index is 6.13. The first-order valence-electron chi connectivity index (χ1n) is 10.0. The monoisotopic (exact) mass is 385 g/mol. The highest BCUT2D eigenvalue weighted by atomic mass is 15.2. The molecule has 7 nitrogen and oxygen atoms in total. The second kappa shape index (κ2) is 7.60. The number of fused-ring (bicyclic) bond motifs is 1. The number of rotatable bonds is 3. The van der Waals surface area contributed by atoms with Crippen molar-refractivity contribution in [2.24, 2.45) is 5.73 Å². The van der Waals surface area contributed by atoms with Crippen molar-refractivity contribution in [1.82, 2.24) is 25.1 Å². The average Bonchev–Trinajstić information content (AvgIpc) is 3.07. The molecule has 0 saturated carbocycles. The molecule has 0 radical (unpaired) electrons. The molecule has 0 spiro atoms. The summed E-state index contributed by atoms with van der Waals surface area (Å²) >= 11 is 0. The van der Waals surface area contributed by atoms with Crippen LogP contribution in [0.15, 0.2) is 55.0 Å². The highest BCUT2D eigenvalue weighted by Gasteiger charge is 2.17. The van der Waals surface area contributed by atoms with Crippen LogP contribution in [0.1, 0.15) is 19.3 Å². The number of hydrogen-bond donors (Lipinski definition) is 2. The Labute approximate surface area is 169 Å². The molecule has 1 fully saturated rings. The van der Waals surface area contributed by atoms with Crippen molar-refractivity contribution < 1.29 is 0 Å². The van der Waals surface area contributed by atoms with Gasteiger partial charge in [-0.2, -0.15) is 5.10 Å². The number of nitrogens with two attached hydrogens (primary N) is 1. The van der Waals surface area contributed by atoms with Gasteiger partial charge in [0, 0.05) is 42.5 Å². The van der Waals surface area contributed by atoms with Crippen molar-refractivity contribution in [1.29, 1.82) is 0 Å². The molecule has 1 aliphatic rings. The van der Waals surface area contributed by atoms with Gasteiger partial charge >= 0.3 is 0 Å². The van der Waals surface area contributed by atoms with Crippen molar-refractivity contribution in [3.63, 3.8) is 0 Å². The summed E-state index contributed by atoms with van der Waals surface area (Å²) in [7, 11) is 0. The summed E-state index contributed by atoms with van der Waals surface area (Å²) in [6.45, 7) is 1.93. The Morgan fingerprint density at radius 2 is 2.00 bits per heavy atom. The van der Waals surface area contributed by atoms with Crippen LogP contribution in [0, 0.1) is 0 Å². The Morgan fingerprint density at radius 1 is 1.03 bits per heavy atom. The summed E-state index contributed by atoms with van der Waals surface area (Å²) in [6.07, 6.45) is 8.56. The maximum Gasteiger partial charge on any atom is 0.129 e. The summed E-state index contributed by atoms with van der Waals surface area (Å²) in [5.74, 6) is 0.981. The van der Waals surface area contributed by atoms with Crippen LogP contribution in [0.25, 0.3) is 33.5 Å². The lowest BCUT2D eigenvalue weighted by molar-refractivity contribution is 0.601. The van der Waals surface area contributed by atoms with E-state index in [9.17, 15) is 0 Å². The molecule has 5 heterocycles. The molecule has 0 aromatic carbocycles. The van der Waals surface area contributed by atoms with Gasteiger partial charge in [-0.05, 0) is 49.6 Å². The molecular weight excluding hydrogens is 362 g/mol. The van der Waals surface area contributed by atoms with Gasteiger partial charge in [0.15, 0.2) is 0 Å². The quantitative estimate of drug-likeness (QED) is 0.561. The summed E-state index contributed by atoms with van der Waals surface area (Å²) in [5, 5.41) is 8.62. The predicted molar refractivity (Wildman–Crippen MR) is 114 cm³/mol. The topological polar surface area (TPSA) is 96.6 Å². The minimum atomic E-state index is 0.289. The molecule has 1 aliphatic heterocycles. The second-order valence-electron chi connectivity index (χ2n) is 7.49. The van der Waals surface area contributed by atoms with Gasteiger partial charge in [0.25, 0.3) is 0 Å². The lowest BCUT2D eigenvalue weighted by Crippen LogP contribution is -2.27. The van der Waals surface area contributed by atoms with E-state index >= 15 is 0 Å². The molecule has 0 aliphatic carbocycles. The van der Waals surface area contributed by atoms with E-state index in [1.807, 2.05) is 42.7 Å². The van der Waals surface area contributed by atoms with E-state index in [2.05, 4.69) is 31.1 Å². The zero-order chi connectivity index (χ0) is 19.6. The van der Waals surface area contributed by atoms with Crippen LogP contribution in [0.2, 0.25) is 0 Å². The van der Waals surface area contributed by atoms with Gasteiger partial charge in [0.2, 0.25) is 0 Å². The first-order valence-corrected chi connectivity index (χ1v) is 10.0. The fraction of sp³-hybridized carbons (Fsp3) is 0.273. The van der Waals surface area contributed by atoms with Crippen LogP contribution in [-0.2, 0) is 0 Å². The Bertz CT molecular complexity index is 1120. The molecule has 0 amide bonds. The third-order valence-corrected chi connectivity index (χ3v) is 5.48. The van der Waals surface area contributed by atoms with Crippen LogP contribution in [0.3, 0.4) is 0 Å². The van der Waals surface area contributed by atoms with E-state index in [0.29, 0.717) is 0 Å². The van der Waals surface area contributed by atoms with Gasteiger partial charge in [-0.1, -0.05) is 6.07 Å². The molecule has 146 valence electrons. The van der Waals surface area contributed by atoms with Crippen LogP contribution >= 0.6 is 0 Å². The van der Waals surface area contributed by atoms with E-state index in [1.165, 1.54) is 0 Å². The standard InChI is InChI=1S/C22H23N7/c23-16-5-3-10-29(11-8-16)21-7-1-6-18(26-21)22-17-12-19(15-4-2-9-24-13-15)25-14-20(17)27-28-22/h1-2,4,6-7,9,12-14,16H,3,5,8,10-11,23H2,(H,27,28). The van der Waals surface area contributed by atoms with E-state index in [4.69, 9.17) is 10.7 Å². The zero-order valence-electron chi connectivity index (χ0n) is 16.1. The number of nitrogens with one attached hydrogen (secondary N) is 1. The Kier molecular flexibility index (Phi) is 4.65. The molecule has 5 rings (SSSR count). The molecule has 7 heteroatoms. The summed E-state index contributed by atoms with van der Waals surface area (Å²) < 4.78 is 0. The second-order valence-corrected chi connectivity index (χ2v) is 7.49. The van der Waals surface area contributed by atoms with Gasteiger partial charge in [0.05, 0.1) is 23.1 Å². The Hall–Kier alpha value is -3.32. The fourth-order valence-electron chi connectivity index (χ4n) is 3.87. The lowest BCUT2D eigenvalue weighted by Gasteiger charge is -2.21. The average molecular weight is 385 g/mol. The van der Waals surface area contributed by atoms with E-state index in [1.54, 1.807) is 6.20 Å². The van der Waals surface area contributed by atoms with Gasteiger partial charge in [-0.25, -0.2) is 4.98 Å². The van der Waals surface area contributed by atoms with Crippen molar-refractivity contribution in [2.45, 2.75) is 25.3 Å². The van der Waals surface area contributed by atoms with E-state index < -0.39 is 0 Å². The number of hydrogen-bond acceptors (Lipinski definition) is 6. The van der Waals surface area contributed by atoms with Crippen LogP contribution in [0.5, 0.6) is 0 Å². The van der Waals surface area contributed by atoms with Gasteiger partial charge in [-0.15, -0.1) is 0 Å². The number of H-pyrrole nitrogens is 1. The lowest BCUT2D eigenvalue weighted by atomic mass is 10.1. The Balaban J connectivity index is 1.52. The van der Waals surface area contributed by atoms with Crippen molar-refractivity contribution in [3.05, 3.63) is 55.0 Å². The SMILES string of the molecule is NC1CCCN(c2cccc(-c3n[nH]c4cnc(-c5cccnc5)cc34)n2)CC1. The molecule has 0 bridgehead atoms. The highest BCUT2D eigenvalue weighted by molar-refractivity contribution is 5.93. The number of aromatic nitrogens is 5. The normalized spacial score (nSPS) is 17.4. The van der Waals surface area contributed by atoms with Gasteiger partial charge in [-0.3, -0.25) is 15.1 Å². The minimum Gasteiger partial charge on any atom is -0.357 e. The van der Waals surface area contributed by atoms with Crippen molar-refractivity contribution >= 4 is 16.7 Å². The minimum absolute atomic E-state index is 0.289. The summed E-state index contributed by atoms with van der Waals surface area (Å²) in [4.78, 5) is 16.0. The number of anilines is 1. The molecule has 3 N–H and O–H groups in total. The number of pyridine rings is 3. The highest BCUT2D eigenvalue weighted by Crippen LogP contribution is 2.29. The fourth-order valence-corrected chi connectivity index (χ4v) is 3.87. The molecular formula is C22H23N7. The van der Waals surface area contributed by atoms with Crippen LogP contribution < -0.4 is 10.6 Å². The smallest absolute Gasteiger partial charge is 0.129 e. The van der Waals surface area contributed by atoms with Crippen molar-refractivity contribution in [2.75, 3.05) is 18.0 Å². The summed E-state index contributed by atoms with van der Waals surface area (Å²) in [6, 6.07) is 12.4. The van der Waals surface area contributed by atoms with E-state index in [-0.39, 0.29) is 6.04 Å². The van der Waals surface area contributed by atoms with Gasteiger partial charge in [0.1, 0.15) is 11.5 Å². The third-order valence-electron chi connectivity index (χ3n) is 5.48. The largest absolute Gasteiger partial charge is 0.357 e. The molecule has 1 unspecified atom stereocenters. The number of nitrogens with zero attached hydrogens (tertiary/aromatic N) is 5. The predicted octanol–water partition coefficient (Wildman–Crippen LogP) is 3.40. The number of aromatic amines is 1. The van der Waals surface area contributed by atoms with Gasteiger partial charge < -0.3 is 10.6 Å². The zero-order valence-corrected chi connectivity index (χ0v) is 16.1. The molecule has 4 aromatic rings. The maximum absolute atomic E-state index is 6.13. The van der Waals surface area contributed by atoms with E-state index in [0.717, 1.165) is 71.7 Å². The molecule has 1 saturated heterocycles. The third kappa shape index (κ3) is 3.56. The molecule has 29 heavy (non-hydrogen) atoms.